The number of nitrogens with zero attached hydrogens (tertiary/aromatic N) is 1. The second-order valence-electron chi connectivity index (χ2n) is 9.71. The molecule has 41 heavy (non-hydrogen) atoms. The Labute approximate surface area is 235 Å². The number of amides is 1. The van der Waals surface area contributed by atoms with Crippen molar-refractivity contribution < 1.29 is 28.5 Å². The van der Waals surface area contributed by atoms with Gasteiger partial charge in [0, 0.05) is 34.6 Å². The van der Waals surface area contributed by atoms with Gasteiger partial charge in [-0.05, 0) is 48.4 Å². The highest BCUT2D eigenvalue weighted by molar-refractivity contribution is 6.07. The molecule has 3 heterocycles. The number of pyridine rings is 1. The Kier molecular flexibility index (Phi) is 6.94. The highest BCUT2D eigenvalue weighted by Gasteiger charge is 2.21. The Morgan fingerprint density at radius 3 is 2.56 bits per heavy atom. The fourth-order valence-corrected chi connectivity index (χ4v) is 5.13. The lowest BCUT2D eigenvalue weighted by atomic mass is 10.0. The second-order valence-corrected chi connectivity index (χ2v) is 9.71. The summed E-state index contributed by atoms with van der Waals surface area (Å²) in [4.78, 5) is 21.8. The van der Waals surface area contributed by atoms with Crippen LogP contribution in [-0.4, -0.2) is 55.0 Å². The van der Waals surface area contributed by atoms with Gasteiger partial charge in [0.05, 0.1) is 50.4 Å². The van der Waals surface area contributed by atoms with Gasteiger partial charge in [0.15, 0.2) is 5.76 Å². The summed E-state index contributed by atoms with van der Waals surface area (Å²) in [6, 6.07) is 19.9. The minimum absolute atomic E-state index is 0.227. The maximum atomic E-state index is 13.8. The van der Waals surface area contributed by atoms with E-state index in [4.69, 9.17) is 23.6 Å². The number of benzene rings is 3. The number of aliphatic hydroxyl groups excluding tert-OH is 1. The number of H-pyrrole nitrogens is 1. The molecule has 3 aromatic heterocycles. The van der Waals surface area contributed by atoms with Crippen LogP contribution >= 0.6 is 0 Å². The molecule has 6 aromatic rings. The summed E-state index contributed by atoms with van der Waals surface area (Å²) < 4.78 is 22.5. The van der Waals surface area contributed by atoms with Gasteiger partial charge >= 0.3 is 0 Å². The number of hydrogen-bond acceptors (Lipinski definition) is 7. The average Bonchev–Trinajstić information content (AvgIpc) is 3.63. The highest BCUT2D eigenvalue weighted by Crippen LogP contribution is 2.37. The van der Waals surface area contributed by atoms with Crippen molar-refractivity contribution in [3.63, 3.8) is 0 Å². The molecule has 9 nitrogen and oxygen atoms in total. The van der Waals surface area contributed by atoms with Crippen LogP contribution in [0.3, 0.4) is 0 Å². The molecular weight excluding hydrogens is 522 g/mol. The zero-order valence-electron chi connectivity index (χ0n) is 22.9. The fourth-order valence-electron chi connectivity index (χ4n) is 5.13. The van der Waals surface area contributed by atoms with Gasteiger partial charge in [0.25, 0.3) is 5.91 Å². The van der Waals surface area contributed by atoms with Crippen LogP contribution in [0.15, 0.2) is 77.3 Å². The van der Waals surface area contributed by atoms with E-state index in [-0.39, 0.29) is 12.5 Å². The Morgan fingerprint density at radius 2 is 1.78 bits per heavy atom. The first kappa shape index (κ1) is 26.2. The molecule has 0 bridgehead atoms. The van der Waals surface area contributed by atoms with Gasteiger partial charge in [-0.25, -0.2) is 4.98 Å². The lowest BCUT2D eigenvalue weighted by Crippen LogP contribution is -2.39. The molecule has 0 aliphatic carbocycles. The molecule has 3 N–H and O–H groups in total. The summed E-state index contributed by atoms with van der Waals surface area (Å²) in [5, 5.41) is 15.6. The Balaban J connectivity index is 1.40. The van der Waals surface area contributed by atoms with Gasteiger partial charge in [0.1, 0.15) is 28.5 Å². The summed E-state index contributed by atoms with van der Waals surface area (Å²) in [6.45, 7) is -0.227. The van der Waals surface area contributed by atoms with Crippen LogP contribution < -0.4 is 19.5 Å². The molecule has 1 amide bonds. The number of fused-ring (bicyclic) bond motifs is 3. The van der Waals surface area contributed by atoms with E-state index in [2.05, 4.69) is 10.3 Å². The van der Waals surface area contributed by atoms with Crippen molar-refractivity contribution >= 4 is 38.7 Å². The van der Waals surface area contributed by atoms with E-state index in [1.54, 1.807) is 57.7 Å². The van der Waals surface area contributed by atoms with Crippen molar-refractivity contribution in [3.8, 4) is 28.7 Å². The minimum atomic E-state index is -0.512. The number of furan rings is 1. The molecule has 0 aliphatic heterocycles. The number of para-hydroxylation sites is 1. The van der Waals surface area contributed by atoms with E-state index in [9.17, 15) is 9.90 Å². The molecule has 9 heteroatoms. The number of carbonyl (C=O) groups is 1. The summed E-state index contributed by atoms with van der Waals surface area (Å²) >= 11 is 0. The highest BCUT2D eigenvalue weighted by atomic mass is 16.5. The average molecular weight is 552 g/mol. The zero-order chi connectivity index (χ0) is 28.5. The summed E-state index contributed by atoms with van der Waals surface area (Å²) in [5.41, 5.74) is 4.03. The first-order valence-corrected chi connectivity index (χ1v) is 13.1. The summed E-state index contributed by atoms with van der Waals surface area (Å²) in [6.07, 6.45) is 2.37. The van der Waals surface area contributed by atoms with Crippen LogP contribution in [0, 0.1) is 0 Å². The van der Waals surface area contributed by atoms with Crippen LogP contribution in [-0.2, 0) is 6.42 Å². The molecule has 1 unspecified atom stereocenters. The van der Waals surface area contributed by atoms with Crippen molar-refractivity contribution in [2.24, 2.45) is 0 Å². The molecule has 1 atom stereocenters. The van der Waals surface area contributed by atoms with Crippen LogP contribution in [0.5, 0.6) is 17.2 Å². The number of aliphatic hydroxyl groups is 1. The third-order valence-electron chi connectivity index (χ3n) is 7.24. The summed E-state index contributed by atoms with van der Waals surface area (Å²) in [5.74, 6) is 1.91. The number of aromatic nitrogens is 2. The zero-order valence-corrected chi connectivity index (χ0v) is 22.9. The van der Waals surface area contributed by atoms with Crippen LogP contribution in [0.2, 0.25) is 0 Å². The van der Waals surface area contributed by atoms with Crippen LogP contribution in [0.25, 0.3) is 44.2 Å². The monoisotopic (exact) mass is 551 g/mol. The van der Waals surface area contributed by atoms with Gasteiger partial charge in [-0.3, -0.25) is 4.79 Å². The quantitative estimate of drug-likeness (QED) is 0.217. The van der Waals surface area contributed by atoms with Gasteiger partial charge < -0.3 is 34.0 Å². The van der Waals surface area contributed by atoms with Crippen molar-refractivity contribution in [2.45, 2.75) is 12.5 Å². The van der Waals surface area contributed by atoms with E-state index in [1.165, 1.54) is 0 Å². The molecule has 0 fully saturated rings. The molecule has 3 aromatic carbocycles. The van der Waals surface area contributed by atoms with Gasteiger partial charge in [-0.15, -0.1) is 0 Å². The Morgan fingerprint density at radius 1 is 0.951 bits per heavy atom. The number of methoxy groups -OCH3 is 3. The third-order valence-corrected chi connectivity index (χ3v) is 7.24. The van der Waals surface area contributed by atoms with E-state index in [1.807, 2.05) is 36.5 Å². The maximum absolute atomic E-state index is 13.8. The predicted molar refractivity (Wildman–Crippen MR) is 157 cm³/mol. The van der Waals surface area contributed by atoms with Crippen molar-refractivity contribution in [2.75, 3.05) is 27.9 Å². The van der Waals surface area contributed by atoms with Crippen molar-refractivity contribution in [1.82, 2.24) is 15.3 Å². The first-order chi connectivity index (χ1) is 20.0. The molecule has 0 spiro atoms. The number of carbonyl (C=O) groups excluding carboxylic acids is 1. The number of rotatable bonds is 9. The van der Waals surface area contributed by atoms with E-state index >= 15 is 0 Å². The van der Waals surface area contributed by atoms with Crippen LogP contribution in [0.4, 0.5) is 0 Å². The SMILES string of the molecule is COc1cc(OC)c2cc(-c3cc(C(=O)NC(CO)Cc4c[nH]c5ccccc45)c4cc(OC)ccc4n3)oc2c1. The molecule has 0 aliphatic rings. The lowest BCUT2D eigenvalue weighted by Gasteiger charge is -2.17. The molecular formula is C32H29N3O6. The van der Waals surface area contributed by atoms with Gasteiger partial charge in [-0.1, -0.05) is 18.2 Å². The minimum Gasteiger partial charge on any atom is -0.497 e. The maximum Gasteiger partial charge on any atom is 0.252 e. The molecule has 0 saturated carbocycles. The predicted octanol–water partition coefficient (Wildman–Crippen LogP) is 5.49. The van der Waals surface area contributed by atoms with Crippen LogP contribution in [0.1, 0.15) is 15.9 Å². The fraction of sp³-hybridized carbons (Fsp3) is 0.188. The van der Waals surface area contributed by atoms with E-state index in [0.29, 0.717) is 57.2 Å². The molecule has 0 saturated heterocycles. The van der Waals surface area contributed by atoms with E-state index in [0.717, 1.165) is 21.9 Å². The normalized spacial score (nSPS) is 12.1. The van der Waals surface area contributed by atoms with Gasteiger partial charge in [-0.2, -0.15) is 0 Å². The molecule has 208 valence electrons. The summed E-state index contributed by atoms with van der Waals surface area (Å²) in [7, 11) is 4.73. The van der Waals surface area contributed by atoms with Gasteiger partial charge in [0.2, 0.25) is 0 Å². The Bertz CT molecular complexity index is 1890. The van der Waals surface area contributed by atoms with E-state index < -0.39 is 6.04 Å². The largest absolute Gasteiger partial charge is 0.497 e. The Hall–Kier alpha value is -5.02. The second kappa shape index (κ2) is 10.9. The number of hydrogen-bond donors (Lipinski definition) is 3. The number of nitrogens with one attached hydrogen (secondary N) is 2. The smallest absolute Gasteiger partial charge is 0.252 e. The lowest BCUT2D eigenvalue weighted by molar-refractivity contribution is 0.0918. The topological polar surface area (TPSA) is 119 Å². The number of ether oxygens (including phenoxy) is 3. The molecule has 6 rings (SSSR count). The number of aromatic amines is 1. The van der Waals surface area contributed by atoms with Crippen molar-refractivity contribution in [3.05, 3.63) is 84.1 Å². The first-order valence-electron chi connectivity index (χ1n) is 13.1. The molecule has 0 radical (unpaired) electrons. The third kappa shape index (κ3) is 4.92. The standard InChI is InChI=1S/C32H29N3O6/c1-38-20-8-9-27-23(11-20)24(32(37)34-19(17-36)10-18-16-33-26-7-5-4-6-22(18)26)14-28(35-27)31-15-25-29(40-3)12-21(39-2)13-30(25)41-31/h4-9,11-16,19,33,36H,10,17H2,1-3H3,(H,34,37). The van der Waals surface area contributed by atoms with Crippen molar-refractivity contribution in [1.29, 1.82) is 0 Å².